The summed E-state index contributed by atoms with van der Waals surface area (Å²) in [5, 5.41) is 15.9. The van der Waals surface area contributed by atoms with Crippen LogP contribution in [-0.2, 0) is 0 Å². The van der Waals surface area contributed by atoms with Gasteiger partial charge in [0.25, 0.3) is 5.69 Å². The second-order valence-corrected chi connectivity index (χ2v) is 7.99. The maximum Gasteiger partial charge on any atom is 0.294 e. The number of aromatic nitrogens is 4. The molecule has 0 atom stereocenters. The Labute approximate surface area is 196 Å². The number of hydrogen-bond donors (Lipinski definition) is 1. The van der Waals surface area contributed by atoms with E-state index in [4.69, 9.17) is 4.74 Å². The summed E-state index contributed by atoms with van der Waals surface area (Å²) in [5.74, 6) is 1.33. The van der Waals surface area contributed by atoms with Gasteiger partial charge in [-0.25, -0.2) is 9.97 Å². The highest BCUT2D eigenvalue weighted by atomic mass is 16.6. The Kier molecular flexibility index (Phi) is 6.55. The summed E-state index contributed by atoms with van der Waals surface area (Å²) in [4.78, 5) is 28.6. The van der Waals surface area contributed by atoms with Crippen LogP contribution in [0.1, 0.15) is 0 Å². The first-order chi connectivity index (χ1) is 16.4. The molecule has 0 unspecified atom stereocenters. The molecule has 0 aliphatic rings. The summed E-state index contributed by atoms with van der Waals surface area (Å²) in [6.45, 7) is 1.37. The molecule has 0 saturated heterocycles. The van der Waals surface area contributed by atoms with Crippen molar-refractivity contribution >= 4 is 34.0 Å². The van der Waals surface area contributed by atoms with Crippen LogP contribution in [-0.4, -0.2) is 70.7 Å². The molecule has 3 heterocycles. The van der Waals surface area contributed by atoms with Crippen molar-refractivity contribution < 1.29 is 9.66 Å². The highest BCUT2D eigenvalue weighted by Crippen LogP contribution is 2.38. The van der Waals surface area contributed by atoms with Gasteiger partial charge in [-0.05, 0) is 38.4 Å². The number of fused-ring (bicyclic) bond motifs is 1. The lowest BCUT2D eigenvalue weighted by Crippen LogP contribution is -2.28. The summed E-state index contributed by atoms with van der Waals surface area (Å²) < 4.78 is 7.39. The van der Waals surface area contributed by atoms with Crippen molar-refractivity contribution in [2.75, 3.05) is 51.6 Å². The molecule has 0 fully saturated rings. The molecule has 0 aliphatic heterocycles. The quantitative estimate of drug-likeness (QED) is 0.295. The van der Waals surface area contributed by atoms with Gasteiger partial charge in [-0.1, -0.05) is 0 Å². The molecule has 11 nitrogen and oxygen atoms in total. The van der Waals surface area contributed by atoms with Gasteiger partial charge >= 0.3 is 0 Å². The fourth-order valence-electron chi connectivity index (χ4n) is 3.56. The Morgan fingerprint density at radius 2 is 1.94 bits per heavy atom. The zero-order valence-corrected chi connectivity index (χ0v) is 19.5. The Balaban J connectivity index is 1.68. The Bertz CT molecular complexity index is 1320. The number of nitro benzene ring substituents is 1. The van der Waals surface area contributed by atoms with E-state index in [1.54, 1.807) is 24.5 Å². The van der Waals surface area contributed by atoms with Crippen LogP contribution in [0.25, 0.3) is 16.9 Å². The lowest BCUT2D eigenvalue weighted by atomic mass is 10.2. The van der Waals surface area contributed by atoms with Crippen LogP contribution in [0.4, 0.5) is 23.0 Å². The number of nitro groups is 1. The van der Waals surface area contributed by atoms with Crippen molar-refractivity contribution in [3.05, 3.63) is 65.1 Å². The van der Waals surface area contributed by atoms with Gasteiger partial charge in [-0.15, -0.1) is 0 Å². The minimum absolute atomic E-state index is 0.0404. The van der Waals surface area contributed by atoms with Crippen molar-refractivity contribution in [1.29, 1.82) is 0 Å². The van der Waals surface area contributed by atoms with Crippen LogP contribution in [0.3, 0.4) is 0 Å². The Morgan fingerprint density at radius 3 is 2.68 bits per heavy atom. The molecule has 0 spiro atoms. The van der Waals surface area contributed by atoms with Gasteiger partial charge in [-0.3, -0.25) is 14.7 Å². The van der Waals surface area contributed by atoms with Gasteiger partial charge in [0.2, 0.25) is 5.95 Å². The molecule has 3 aromatic heterocycles. The van der Waals surface area contributed by atoms with Crippen molar-refractivity contribution in [1.82, 2.24) is 24.4 Å². The first-order valence-electron chi connectivity index (χ1n) is 10.6. The number of nitrogens with one attached hydrogen (secondary N) is 1. The molecule has 34 heavy (non-hydrogen) atoms. The number of benzene rings is 1. The number of anilines is 3. The van der Waals surface area contributed by atoms with Crippen molar-refractivity contribution in [2.24, 2.45) is 0 Å². The van der Waals surface area contributed by atoms with E-state index in [1.165, 1.54) is 13.2 Å². The molecule has 0 radical (unpaired) electrons. The van der Waals surface area contributed by atoms with Crippen LogP contribution in [0, 0.1) is 10.1 Å². The molecule has 0 amide bonds. The minimum atomic E-state index is -0.402. The van der Waals surface area contributed by atoms with Gasteiger partial charge in [-0.2, -0.15) is 4.98 Å². The van der Waals surface area contributed by atoms with Crippen molar-refractivity contribution in [3.63, 3.8) is 0 Å². The highest BCUT2D eigenvalue weighted by Gasteiger charge is 2.22. The number of methoxy groups -OCH3 is 1. The standard InChI is InChI=1S/C23H26N8O3/c1-28(2)12-13-29(3)18-15-20(34-4)17(14-19(18)31(32)33)26-23-25-10-7-21(27-23)30-11-8-16-6-5-9-24-22(16)30/h5-11,14-15H,12-13H2,1-4H3,(H,25,26,27). The lowest BCUT2D eigenvalue weighted by Gasteiger charge is -2.22. The molecule has 11 heteroatoms. The molecule has 0 bridgehead atoms. The van der Waals surface area contributed by atoms with Crippen LogP contribution in [0.2, 0.25) is 0 Å². The van der Waals surface area contributed by atoms with E-state index in [0.717, 1.165) is 17.6 Å². The number of pyridine rings is 1. The smallest absolute Gasteiger partial charge is 0.294 e. The van der Waals surface area contributed by atoms with E-state index < -0.39 is 4.92 Å². The van der Waals surface area contributed by atoms with Crippen LogP contribution in [0.15, 0.2) is 55.0 Å². The molecule has 0 saturated carbocycles. The average Bonchev–Trinajstić information content (AvgIpc) is 3.26. The van der Waals surface area contributed by atoms with Gasteiger partial charge < -0.3 is 19.9 Å². The van der Waals surface area contributed by atoms with Gasteiger partial charge in [0.15, 0.2) is 0 Å². The van der Waals surface area contributed by atoms with Crippen LogP contribution >= 0.6 is 0 Å². The predicted molar refractivity (Wildman–Crippen MR) is 131 cm³/mol. The SMILES string of the molecule is COc1cc(N(C)CCN(C)C)c([N+](=O)[O-])cc1Nc1nccc(-n2ccc3cccnc32)n1. The van der Waals surface area contributed by atoms with Gasteiger partial charge in [0, 0.05) is 56.2 Å². The molecule has 1 N–H and O–H groups in total. The van der Waals surface area contributed by atoms with E-state index in [2.05, 4.69) is 20.3 Å². The monoisotopic (exact) mass is 462 g/mol. The molecule has 0 aliphatic carbocycles. The third kappa shape index (κ3) is 4.74. The summed E-state index contributed by atoms with van der Waals surface area (Å²) in [5.41, 5.74) is 1.59. The number of rotatable bonds is 9. The normalized spacial score (nSPS) is 11.1. The Morgan fingerprint density at radius 1 is 1.12 bits per heavy atom. The maximum atomic E-state index is 11.9. The number of nitrogens with zero attached hydrogens (tertiary/aromatic N) is 7. The number of likely N-dealkylation sites (N-methyl/N-ethyl adjacent to an activating group) is 2. The van der Waals surface area contributed by atoms with Crippen LogP contribution < -0.4 is 15.0 Å². The first-order valence-corrected chi connectivity index (χ1v) is 10.6. The van der Waals surface area contributed by atoms with Gasteiger partial charge in [0.1, 0.15) is 22.9 Å². The zero-order valence-electron chi connectivity index (χ0n) is 19.5. The summed E-state index contributed by atoms with van der Waals surface area (Å²) in [6.07, 6.45) is 5.22. The summed E-state index contributed by atoms with van der Waals surface area (Å²) >= 11 is 0. The van der Waals surface area contributed by atoms with Crippen molar-refractivity contribution in [3.8, 4) is 11.6 Å². The molecule has 4 rings (SSSR count). The molecular formula is C23H26N8O3. The fourth-order valence-corrected chi connectivity index (χ4v) is 3.56. The Hall–Kier alpha value is -4.25. The van der Waals surface area contributed by atoms with E-state index in [0.29, 0.717) is 29.5 Å². The minimum Gasteiger partial charge on any atom is -0.494 e. The largest absolute Gasteiger partial charge is 0.494 e. The zero-order chi connectivity index (χ0) is 24.2. The van der Waals surface area contributed by atoms with Crippen molar-refractivity contribution in [2.45, 2.75) is 0 Å². The molecule has 176 valence electrons. The topological polar surface area (TPSA) is 114 Å². The third-order valence-corrected chi connectivity index (χ3v) is 5.37. The maximum absolute atomic E-state index is 11.9. The molecule has 4 aromatic rings. The average molecular weight is 463 g/mol. The predicted octanol–water partition coefficient (Wildman–Crippen LogP) is 3.47. The third-order valence-electron chi connectivity index (χ3n) is 5.37. The van der Waals surface area contributed by atoms with E-state index in [9.17, 15) is 10.1 Å². The first kappa shape index (κ1) is 22.9. The van der Waals surface area contributed by atoms with E-state index >= 15 is 0 Å². The summed E-state index contributed by atoms with van der Waals surface area (Å²) in [6, 6.07) is 10.7. The fraction of sp³-hybridized carbons (Fsp3) is 0.261. The highest BCUT2D eigenvalue weighted by molar-refractivity contribution is 5.78. The molecule has 1 aromatic carbocycles. The van der Waals surface area contributed by atoms with Gasteiger partial charge in [0.05, 0.1) is 17.7 Å². The number of hydrogen-bond acceptors (Lipinski definition) is 9. The van der Waals surface area contributed by atoms with E-state index in [1.807, 2.05) is 59.9 Å². The number of ether oxygens (including phenoxy) is 1. The second kappa shape index (κ2) is 9.71. The molecular weight excluding hydrogens is 436 g/mol. The summed E-state index contributed by atoms with van der Waals surface area (Å²) in [7, 11) is 7.25. The second-order valence-electron chi connectivity index (χ2n) is 7.99. The van der Waals surface area contributed by atoms with E-state index in [-0.39, 0.29) is 11.6 Å². The lowest BCUT2D eigenvalue weighted by molar-refractivity contribution is -0.384. The van der Waals surface area contributed by atoms with Crippen LogP contribution in [0.5, 0.6) is 5.75 Å².